The van der Waals surface area contributed by atoms with Crippen LogP contribution in [0.1, 0.15) is 24.2 Å². The molecule has 0 aliphatic rings. The quantitative estimate of drug-likeness (QED) is 0.630. The number of benzene rings is 1. The van der Waals surface area contributed by atoms with Gasteiger partial charge in [-0.2, -0.15) is 0 Å². The molecule has 0 saturated carbocycles. The molecule has 0 aromatic heterocycles. The number of carbonyl (C=O) groups is 1. The Morgan fingerprint density at radius 3 is 2.47 bits per heavy atom. The first-order chi connectivity index (χ1) is 7.71. The van der Waals surface area contributed by atoms with E-state index >= 15 is 0 Å². The van der Waals surface area contributed by atoms with Gasteiger partial charge in [0.05, 0.1) is 16.6 Å². The van der Waals surface area contributed by atoms with Gasteiger partial charge in [0.1, 0.15) is 5.82 Å². The second-order valence-corrected chi connectivity index (χ2v) is 6.10. The van der Waals surface area contributed by atoms with Crippen molar-refractivity contribution in [3.63, 3.8) is 0 Å². The van der Waals surface area contributed by atoms with Crippen molar-refractivity contribution in [2.24, 2.45) is 0 Å². The van der Waals surface area contributed by atoms with Crippen LogP contribution in [0.2, 0.25) is 0 Å². The van der Waals surface area contributed by atoms with Crippen molar-refractivity contribution in [3.8, 4) is 0 Å². The van der Waals surface area contributed by atoms with Gasteiger partial charge in [0, 0.05) is 10.7 Å². The molecule has 1 aromatic carbocycles. The number of hydrogen-bond donors (Lipinski definition) is 0. The zero-order chi connectivity index (χ0) is 13.2. The third-order valence-corrected chi connectivity index (χ3v) is 3.13. The molecule has 0 aliphatic heterocycles. The zero-order valence-corrected chi connectivity index (χ0v) is 10.7. The lowest BCUT2D eigenvalue weighted by Gasteiger charge is -2.09. The summed E-state index contributed by atoms with van der Waals surface area (Å²) in [7, 11) is 1.08. The summed E-state index contributed by atoms with van der Waals surface area (Å²) in [5.74, 6) is -1.79. The maximum Gasteiger partial charge on any atom is 0.341 e. The molecule has 0 unspecified atom stereocenters. The van der Waals surface area contributed by atoms with Crippen LogP contribution in [0.5, 0.6) is 0 Å². The topological polar surface area (TPSA) is 60.4 Å². The summed E-state index contributed by atoms with van der Waals surface area (Å²) < 4.78 is 40.2. The lowest BCUT2D eigenvalue weighted by atomic mass is 10.2. The monoisotopic (exact) mass is 280 g/mol. The maximum absolute atomic E-state index is 13.3. The fourth-order valence-corrected chi connectivity index (χ4v) is 1.87. The Kier molecular flexibility index (Phi) is 4.11. The molecule has 0 N–H and O–H groups in total. The van der Waals surface area contributed by atoms with Crippen LogP contribution < -0.4 is 0 Å². The van der Waals surface area contributed by atoms with Gasteiger partial charge in [-0.15, -0.1) is 0 Å². The molecule has 17 heavy (non-hydrogen) atoms. The average molecular weight is 281 g/mol. The van der Waals surface area contributed by atoms with E-state index in [1.807, 2.05) is 0 Å². The summed E-state index contributed by atoms with van der Waals surface area (Å²) in [5.41, 5.74) is -0.458. The summed E-state index contributed by atoms with van der Waals surface area (Å²) in [5, 5.41) is 0. The predicted molar refractivity (Wildman–Crippen MR) is 60.0 cm³/mol. The fourth-order valence-electron chi connectivity index (χ4n) is 1.09. The summed E-state index contributed by atoms with van der Waals surface area (Å²) in [6.07, 6.45) is -0.432. The van der Waals surface area contributed by atoms with E-state index in [9.17, 15) is 17.6 Å². The van der Waals surface area contributed by atoms with Crippen LogP contribution in [0, 0.1) is 5.82 Å². The van der Waals surface area contributed by atoms with Gasteiger partial charge in [-0.3, -0.25) is 0 Å². The van der Waals surface area contributed by atoms with Gasteiger partial charge in [0.25, 0.3) is 9.05 Å². The number of rotatable bonds is 3. The van der Waals surface area contributed by atoms with E-state index in [-0.39, 0.29) is 4.90 Å². The molecule has 94 valence electrons. The van der Waals surface area contributed by atoms with Crippen LogP contribution in [0.3, 0.4) is 0 Å². The van der Waals surface area contributed by atoms with E-state index < -0.39 is 32.5 Å². The van der Waals surface area contributed by atoms with E-state index in [4.69, 9.17) is 15.4 Å². The molecular formula is C10H10ClFO4S. The summed E-state index contributed by atoms with van der Waals surface area (Å²) >= 11 is 0. The Bertz CT molecular complexity index is 539. The first-order valence-corrected chi connectivity index (χ1v) is 6.98. The van der Waals surface area contributed by atoms with Crippen LogP contribution in [-0.4, -0.2) is 20.5 Å². The van der Waals surface area contributed by atoms with Crippen LogP contribution in [0.4, 0.5) is 4.39 Å². The van der Waals surface area contributed by atoms with E-state index in [2.05, 4.69) is 0 Å². The largest absolute Gasteiger partial charge is 0.459 e. The molecule has 4 nitrogen and oxygen atoms in total. The van der Waals surface area contributed by atoms with Crippen LogP contribution in [0.15, 0.2) is 23.1 Å². The average Bonchev–Trinajstić information content (AvgIpc) is 2.15. The number of halogens is 2. The van der Waals surface area contributed by atoms with Gasteiger partial charge in [-0.25, -0.2) is 17.6 Å². The Hall–Kier alpha value is -1.14. The highest BCUT2D eigenvalue weighted by Crippen LogP contribution is 2.19. The minimum Gasteiger partial charge on any atom is -0.459 e. The van der Waals surface area contributed by atoms with E-state index in [0.717, 1.165) is 18.2 Å². The number of hydrogen-bond acceptors (Lipinski definition) is 4. The predicted octanol–water partition coefficient (Wildman–Crippen LogP) is 2.32. The van der Waals surface area contributed by atoms with E-state index in [0.29, 0.717) is 0 Å². The summed E-state index contributed by atoms with van der Waals surface area (Å²) in [6.45, 7) is 3.19. The van der Waals surface area contributed by atoms with Crippen molar-refractivity contribution in [2.45, 2.75) is 24.8 Å². The molecule has 0 heterocycles. The van der Waals surface area contributed by atoms with Gasteiger partial charge in [0.15, 0.2) is 0 Å². The first kappa shape index (κ1) is 13.9. The van der Waals surface area contributed by atoms with Gasteiger partial charge in [-0.05, 0) is 32.0 Å². The molecule has 1 rings (SSSR count). The van der Waals surface area contributed by atoms with E-state index in [1.54, 1.807) is 13.8 Å². The third-order valence-electron chi connectivity index (χ3n) is 1.78. The zero-order valence-electron chi connectivity index (χ0n) is 9.11. The second kappa shape index (κ2) is 5.01. The highest BCUT2D eigenvalue weighted by molar-refractivity contribution is 8.13. The Morgan fingerprint density at radius 1 is 1.41 bits per heavy atom. The molecule has 7 heteroatoms. The summed E-state index contributed by atoms with van der Waals surface area (Å²) in [4.78, 5) is 11.1. The molecule has 0 aliphatic carbocycles. The third kappa shape index (κ3) is 3.67. The van der Waals surface area contributed by atoms with Gasteiger partial charge < -0.3 is 4.74 Å². The van der Waals surface area contributed by atoms with Crippen molar-refractivity contribution in [1.82, 2.24) is 0 Å². The van der Waals surface area contributed by atoms with Crippen molar-refractivity contribution in [2.75, 3.05) is 0 Å². The number of esters is 1. The molecular weight excluding hydrogens is 271 g/mol. The molecule has 0 spiro atoms. The van der Waals surface area contributed by atoms with Crippen molar-refractivity contribution in [1.29, 1.82) is 0 Å². The smallest absolute Gasteiger partial charge is 0.341 e. The minimum absolute atomic E-state index is 0.351. The minimum atomic E-state index is -4.01. The molecule has 1 aromatic rings. The molecule has 0 radical (unpaired) electrons. The molecule has 0 fully saturated rings. The highest BCUT2D eigenvalue weighted by atomic mass is 35.7. The van der Waals surface area contributed by atoms with Crippen molar-refractivity contribution in [3.05, 3.63) is 29.6 Å². The molecule has 0 atom stereocenters. The molecule has 0 saturated heterocycles. The van der Waals surface area contributed by atoms with Gasteiger partial charge in [0.2, 0.25) is 0 Å². The van der Waals surface area contributed by atoms with Gasteiger partial charge >= 0.3 is 5.97 Å². The SMILES string of the molecule is CC(C)OC(=O)c1cc(S(=O)(=O)Cl)ccc1F. The second-order valence-electron chi connectivity index (χ2n) is 3.53. The molecule has 0 bridgehead atoms. The number of carbonyl (C=O) groups excluding carboxylic acids is 1. The van der Waals surface area contributed by atoms with Gasteiger partial charge in [-0.1, -0.05) is 0 Å². The van der Waals surface area contributed by atoms with Crippen LogP contribution >= 0.6 is 10.7 Å². The molecule has 0 amide bonds. The van der Waals surface area contributed by atoms with Crippen molar-refractivity contribution >= 4 is 25.7 Å². The number of ether oxygens (including phenoxy) is 1. The van der Waals surface area contributed by atoms with Crippen molar-refractivity contribution < 1.29 is 22.3 Å². The van der Waals surface area contributed by atoms with E-state index in [1.165, 1.54) is 0 Å². The lowest BCUT2D eigenvalue weighted by Crippen LogP contribution is -2.13. The first-order valence-electron chi connectivity index (χ1n) is 4.67. The van der Waals surface area contributed by atoms with Crippen LogP contribution in [-0.2, 0) is 13.8 Å². The maximum atomic E-state index is 13.3. The lowest BCUT2D eigenvalue weighted by molar-refractivity contribution is 0.0372. The standard InChI is InChI=1S/C10H10ClFO4S/c1-6(2)16-10(13)8-5-7(17(11,14)15)3-4-9(8)12/h3-6H,1-2H3. The Morgan fingerprint density at radius 2 is 2.00 bits per heavy atom. The Balaban J connectivity index is 3.20. The summed E-state index contributed by atoms with van der Waals surface area (Å²) in [6, 6.07) is 2.68. The Labute approximate surface area is 103 Å². The highest BCUT2D eigenvalue weighted by Gasteiger charge is 2.19. The van der Waals surface area contributed by atoms with Crippen LogP contribution in [0.25, 0.3) is 0 Å². The normalized spacial score (nSPS) is 11.6. The fraction of sp³-hybridized carbons (Fsp3) is 0.300.